The van der Waals surface area contributed by atoms with Crippen LogP contribution in [0, 0.1) is 13.8 Å². The highest BCUT2D eigenvalue weighted by atomic mass is 16.5. The van der Waals surface area contributed by atoms with Crippen LogP contribution in [-0.4, -0.2) is 47.3 Å². The van der Waals surface area contributed by atoms with Crippen molar-refractivity contribution in [2.45, 2.75) is 46.1 Å². The van der Waals surface area contributed by atoms with Crippen LogP contribution in [0.3, 0.4) is 0 Å². The van der Waals surface area contributed by atoms with Crippen molar-refractivity contribution in [2.75, 3.05) is 26.8 Å². The second kappa shape index (κ2) is 9.10. The number of benzene rings is 2. The van der Waals surface area contributed by atoms with Gasteiger partial charge in [-0.3, -0.25) is 9.36 Å². The van der Waals surface area contributed by atoms with Crippen LogP contribution in [0.2, 0.25) is 0 Å². The summed E-state index contributed by atoms with van der Waals surface area (Å²) in [7, 11) is 1.61. The molecule has 1 aliphatic rings. The van der Waals surface area contributed by atoms with Crippen molar-refractivity contribution in [3.05, 3.63) is 58.1 Å². The summed E-state index contributed by atoms with van der Waals surface area (Å²) in [5.74, 6) is 1.95. The van der Waals surface area contributed by atoms with Crippen molar-refractivity contribution in [1.82, 2.24) is 14.5 Å². The topological polar surface area (TPSA) is 56.6 Å². The van der Waals surface area contributed by atoms with Crippen LogP contribution in [0.5, 0.6) is 11.5 Å². The maximum atomic E-state index is 13.2. The minimum absolute atomic E-state index is 0.0992. The van der Waals surface area contributed by atoms with Crippen molar-refractivity contribution in [3.63, 3.8) is 0 Å². The molecule has 0 aliphatic carbocycles. The van der Waals surface area contributed by atoms with E-state index in [0.29, 0.717) is 40.8 Å². The Hall–Kier alpha value is -2.86. The number of aryl methyl sites for hydroxylation is 2. The number of methoxy groups -OCH3 is 1. The summed E-state index contributed by atoms with van der Waals surface area (Å²) in [5, 5.41) is 0.601. The van der Waals surface area contributed by atoms with Gasteiger partial charge in [0, 0.05) is 18.7 Å². The predicted octanol–water partition coefficient (Wildman–Crippen LogP) is 4.26. The fraction of sp³-hybridized carbons (Fsp3) is 0.440. The van der Waals surface area contributed by atoms with Gasteiger partial charge >= 0.3 is 0 Å². The minimum atomic E-state index is -0.0992. The number of likely N-dealkylation sites (tertiary alicyclic amines) is 1. The summed E-state index contributed by atoms with van der Waals surface area (Å²) in [5.41, 5.74) is 2.30. The van der Waals surface area contributed by atoms with Crippen molar-refractivity contribution in [1.29, 1.82) is 0 Å². The zero-order valence-electron chi connectivity index (χ0n) is 18.9. The molecule has 0 radical (unpaired) electrons. The molecule has 6 nitrogen and oxygen atoms in total. The molecule has 6 heteroatoms. The Morgan fingerprint density at radius 3 is 2.74 bits per heavy atom. The molecule has 4 rings (SSSR count). The van der Waals surface area contributed by atoms with E-state index < -0.39 is 0 Å². The lowest BCUT2D eigenvalue weighted by Crippen LogP contribution is -2.28. The number of nitrogens with zero attached hydrogens (tertiary/aromatic N) is 3. The van der Waals surface area contributed by atoms with E-state index in [1.165, 1.54) is 19.4 Å². The Morgan fingerprint density at radius 2 is 2.00 bits per heavy atom. The number of hydrogen-bond donors (Lipinski definition) is 0. The number of ether oxygens (including phenoxy) is 2. The molecule has 0 spiro atoms. The Bertz CT molecular complexity index is 1140. The lowest BCUT2D eigenvalue weighted by molar-refractivity contribution is 0.230. The summed E-state index contributed by atoms with van der Waals surface area (Å²) >= 11 is 0. The van der Waals surface area contributed by atoms with E-state index >= 15 is 0 Å². The van der Waals surface area contributed by atoms with Crippen LogP contribution >= 0.6 is 0 Å². The molecule has 1 saturated heterocycles. The Morgan fingerprint density at radius 1 is 1.16 bits per heavy atom. The largest absolute Gasteiger partial charge is 0.494 e. The number of hydrogen-bond acceptors (Lipinski definition) is 5. The summed E-state index contributed by atoms with van der Waals surface area (Å²) in [4.78, 5) is 20.4. The van der Waals surface area contributed by atoms with Crippen LogP contribution in [0.4, 0.5) is 0 Å². The highest BCUT2D eigenvalue weighted by Gasteiger charge is 2.19. The van der Waals surface area contributed by atoms with E-state index in [1.807, 2.05) is 50.2 Å². The molecule has 0 bridgehead atoms. The molecule has 1 fully saturated rings. The zero-order valence-corrected chi connectivity index (χ0v) is 18.9. The molecule has 0 saturated carbocycles. The van der Waals surface area contributed by atoms with Gasteiger partial charge < -0.3 is 14.4 Å². The van der Waals surface area contributed by atoms with Gasteiger partial charge in [0.2, 0.25) is 0 Å². The highest BCUT2D eigenvalue weighted by molar-refractivity contribution is 5.79. The second-order valence-corrected chi connectivity index (χ2v) is 8.38. The Labute approximate surface area is 183 Å². The fourth-order valence-electron chi connectivity index (χ4n) is 4.41. The summed E-state index contributed by atoms with van der Waals surface area (Å²) in [6, 6.07) is 12.0. The normalized spacial score (nSPS) is 16.7. The van der Waals surface area contributed by atoms with Gasteiger partial charge in [0.1, 0.15) is 17.3 Å². The SMILES string of the molecule is COc1cc(OCCCN2CCC[C@@H]2C)ccc1-n1c(C)nc2ccc(C)cc2c1=O. The van der Waals surface area contributed by atoms with Crippen LogP contribution in [0.1, 0.15) is 37.6 Å². The van der Waals surface area contributed by atoms with Gasteiger partial charge in [-0.25, -0.2) is 4.98 Å². The molecule has 0 N–H and O–H groups in total. The van der Waals surface area contributed by atoms with Gasteiger partial charge in [0.05, 0.1) is 30.3 Å². The summed E-state index contributed by atoms with van der Waals surface area (Å²) in [6.07, 6.45) is 3.57. The van der Waals surface area contributed by atoms with Crippen LogP contribution in [0.25, 0.3) is 16.6 Å². The van der Waals surface area contributed by atoms with Crippen LogP contribution < -0.4 is 15.0 Å². The molecule has 1 aliphatic heterocycles. The molecule has 164 valence electrons. The average Bonchev–Trinajstić information content (AvgIpc) is 3.17. The molecule has 1 aromatic heterocycles. The highest BCUT2D eigenvalue weighted by Crippen LogP contribution is 2.28. The third-order valence-electron chi connectivity index (χ3n) is 6.13. The number of aromatic nitrogens is 2. The maximum Gasteiger partial charge on any atom is 0.266 e. The number of fused-ring (bicyclic) bond motifs is 1. The first-order chi connectivity index (χ1) is 15.0. The molecular weight excluding hydrogens is 390 g/mol. The van der Waals surface area contributed by atoms with Crippen molar-refractivity contribution < 1.29 is 9.47 Å². The van der Waals surface area contributed by atoms with Gasteiger partial charge in [-0.05, 0) is 70.8 Å². The smallest absolute Gasteiger partial charge is 0.266 e. The zero-order chi connectivity index (χ0) is 22.0. The predicted molar refractivity (Wildman–Crippen MR) is 124 cm³/mol. The summed E-state index contributed by atoms with van der Waals surface area (Å²) < 4.78 is 13.2. The van der Waals surface area contributed by atoms with E-state index in [2.05, 4.69) is 16.8 Å². The molecular formula is C25H31N3O3. The quantitative estimate of drug-likeness (QED) is 0.534. The van der Waals surface area contributed by atoms with E-state index in [1.54, 1.807) is 11.7 Å². The standard InChI is InChI=1S/C25H31N3O3/c1-17-8-10-22-21(15-17)25(29)28(19(3)26-22)23-11-9-20(16-24(23)30-4)31-14-6-13-27-12-5-7-18(27)2/h8-11,15-16,18H,5-7,12-14H2,1-4H3/t18-/m0/s1. The Balaban J connectivity index is 1.55. The molecule has 0 amide bonds. The average molecular weight is 422 g/mol. The number of rotatable bonds is 7. The molecule has 1 atom stereocenters. The molecule has 2 heterocycles. The monoisotopic (exact) mass is 421 g/mol. The first-order valence-corrected chi connectivity index (χ1v) is 11.0. The Kier molecular flexibility index (Phi) is 6.28. The maximum absolute atomic E-state index is 13.2. The lowest BCUT2D eigenvalue weighted by atomic mass is 10.1. The van der Waals surface area contributed by atoms with Crippen LogP contribution in [0.15, 0.2) is 41.2 Å². The third-order valence-corrected chi connectivity index (χ3v) is 6.13. The van der Waals surface area contributed by atoms with E-state index in [0.717, 1.165) is 24.3 Å². The molecule has 3 aromatic rings. The minimum Gasteiger partial charge on any atom is -0.494 e. The molecule has 2 aromatic carbocycles. The van der Waals surface area contributed by atoms with Gasteiger partial charge in [-0.2, -0.15) is 0 Å². The van der Waals surface area contributed by atoms with E-state index in [4.69, 9.17) is 9.47 Å². The van der Waals surface area contributed by atoms with Crippen LogP contribution in [-0.2, 0) is 0 Å². The first kappa shape index (κ1) is 21.4. The van der Waals surface area contributed by atoms with Crippen molar-refractivity contribution >= 4 is 10.9 Å². The third kappa shape index (κ3) is 4.44. The molecule has 0 unspecified atom stereocenters. The van der Waals surface area contributed by atoms with Gasteiger partial charge in [-0.15, -0.1) is 0 Å². The molecule has 31 heavy (non-hydrogen) atoms. The fourth-order valence-corrected chi connectivity index (χ4v) is 4.41. The van der Waals surface area contributed by atoms with E-state index in [-0.39, 0.29) is 5.56 Å². The lowest BCUT2D eigenvalue weighted by Gasteiger charge is -2.20. The van der Waals surface area contributed by atoms with E-state index in [9.17, 15) is 4.79 Å². The second-order valence-electron chi connectivity index (χ2n) is 8.38. The summed E-state index contributed by atoms with van der Waals surface area (Å²) in [6.45, 7) is 9.01. The van der Waals surface area contributed by atoms with Crippen molar-refractivity contribution in [3.8, 4) is 17.2 Å². The van der Waals surface area contributed by atoms with Crippen molar-refractivity contribution in [2.24, 2.45) is 0 Å². The first-order valence-electron chi connectivity index (χ1n) is 11.0. The van der Waals surface area contributed by atoms with Gasteiger partial charge in [0.25, 0.3) is 5.56 Å². The van der Waals surface area contributed by atoms with Gasteiger partial charge in [-0.1, -0.05) is 11.6 Å². The van der Waals surface area contributed by atoms with Gasteiger partial charge in [0.15, 0.2) is 0 Å².